The number of aromatic nitrogens is 3. The molecule has 0 spiro atoms. The molecule has 0 amide bonds. The minimum atomic E-state index is 0.0177. The van der Waals surface area contributed by atoms with Crippen LogP contribution < -0.4 is 5.73 Å². The number of nitrogens with zero attached hydrogens (tertiary/aromatic N) is 3. The van der Waals surface area contributed by atoms with Gasteiger partial charge in [0.2, 0.25) is 0 Å². The van der Waals surface area contributed by atoms with E-state index in [4.69, 9.17) is 5.73 Å². The first-order valence-corrected chi connectivity index (χ1v) is 7.46. The molecule has 0 aliphatic heterocycles. The molecule has 0 bridgehead atoms. The van der Waals surface area contributed by atoms with Crippen LogP contribution in [-0.4, -0.2) is 19.6 Å². The van der Waals surface area contributed by atoms with Crippen molar-refractivity contribution in [2.24, 2.45) is 0 Å². The fourth-order valence-electron chi connectivity index (χ4n) is 2.70. The first-order chi connectivity index (χ1) is 10.7. The second-order valence-corrected chi connectivity index (χ2v) is 5.52. The van der Waals surface area contributed by atoms with E-state index in [1.807, 2.05) is 24.3 Å². The van der Waals surface area contributed by atoms with Gasteiger partial charge in [-0.1, -0.05) is 25.1 Å². The highest BCUT2D eigenvalue weighted by molar-refractivity contribution is 6.00. The number of nitrogens with two attached hydrogens (primary N) is 1. The summed E-state index contributed by atoms with van der Waals surface area (Å²) in [6.45, 7) is 4.32. The monoisotopic (exact) mass is 296 g/mol. The van der Waals surface area contributed by atoms with E-state index in [-0.39, 0.29) is 6.61 Å². The minimum absolute atomic E-state index is 0.0177. The number of aliphatic hydroxyl groups is 1. The molecule has 0 saturated heterocycles. The minimum Gasteiger partial charge on any atom is -0.392 e. The maximum Gasteiger partial charge on any atom is 0.146 e. The van der Waals surface area contributed by atoms with Crippen LogP contribution in [0, 0.1) is 0 Å². The molecule has 1 atom stereocenters. The largest absolute Gasteiger partial charge is 0.392 e. The van der Waals surface area contributed by atoms with Crippen molar-refractivity contribution in [1.29, 1.82) is 0 Å². The Morgan fingerprint density at radius 1 is 1.32 bits per heavy atom. The summed E-state index contributed by atoms with van der Waals surface area (Å²) in [5, 5.41) is 10.2. The Balaban J connectivity index is 2.29. The third kappa shape index (κ3) is 2.33. The second-order valence-electron chi connectivity index (χ2n) is 5.52. The van der Waals surface area contributed by atoms with E-state index < -0.39 is 0 Å². The SMILES string of the molecule is CCC(C)n1cc(-c2cccc(CO)c2)c2c(N)ncnc21. The van der Waals surface area contributed by atoms with Crippen molar-refractivity contribution in [2.45, 2.75) is 32.9 Å². The molecule has 0 aliphatic carbocycles. The summed E-state index contributed by atoms with van der Waals surface area (Å²) in [6.07, 6.45) is 4.59. The molecule has 3 aromatic rings. The van der Waals surface area contributed by atoms with Gasteiger partial charge in [-0.15, -0.1) is 0 Å². The van der Waals surface area contributed by atoms with Crippen LogP contribution in [0.15, 0.2) is 36.8 Å². The van der Waals surface area contributed by atoms with Crippen molar-refractivity contribution < 1.29 is 5.11 Å². The van der Waals surface area contributed by atoms with E-state index in [2.05, 4.69) is 34.6 Å². The molecular weight excluding hydrogens is 276 g/mol. The van der Waals surface area contributed by atoms with E-state index in [0.29, 0.717) is 11.9 Å². The van der Waals surface area contributed by atoms with Crippen LogP contribution in [0.5, 0.6) is 0 Å². The van der Waals surface area contributed by atoms with E-state index in [0.717, 1.165) is 34.1 Å². The van der Waals surface area contributed by atoms with E-state index >= 15 is 0 Å². The van der Waals surface area contributed by atoms with E-state index in [1.165, 1.54) is 6.33 Å². The lowest BCUT2D eigenvalue weighted by Gasteiger charge is -2.11. The maximum absolute atomic E-state index is 9.35. The smallest absolute Gasteiger partial charge is 0.146 e. The maximum atomic E-state index is 9.35. The molecule has 0 saturated carbocycles. The molecule has 1 unspecified atom stereocenters. The van der Waals surface area contributed by atoms with E-state index in [9.17, 15) is 5.11 Å². The Morgan fingerprint density at radius 2 is 2.14 bits per heavy atom. The average Bonchev–Trinajstić information content (AvgIpc) is 2.95. The molecular formula is C17H20N4O. The summed E-state index contributed by atoms with van der Waals surface area (Å²) in [7, 11) is 0. The topological polar surface area (TPSA) is 77.0 Å². The molecule has 0 aliphatic rings. The van der Waals surface area contributed by atoms with Gasteiger partial charge in [-0.3, -0.25) is 0 Å². The van der Waals surface area contributed by atoms with Crippen molar-refractivity contribution >= 4 is 16.9 Å². The van der Waals surface area contributed by atoms with Gasteiger partial charge in [-0.05, 0) is 30.5 Å². The van der Waals surface area contributed by atoms with Crippen molar-refractivity contribution in [3.63, 3.8) is 0 Å². The van der Waals surface area contributed by atoms with Crippen LogP contribution in [0.4, 0.5) is 5.82 Å². The summed E-state index contributed by atoms with van der Waals surface area (Å²) < 4.78 is 2.15. The van der Waals surface area contributed by atoms with Gasteiger partial charge < -0.3 is 15.4 Å². The lowest BCUT2D eigenvalue weighted by molar-refractivity contribution is 0.282. The Morgan fingerprint density at radius 3 is 2.86 bits per heavy atom. The standard InChI is InChI=1S/C17H20N4O/c1-3-11(2)21-8-14(13-6-4-5-12(7-13)9-22)15-16(18)19-10-20-17(15)21/h4-8,10-11,22H,3,9H2,1-2H3,(H2,18,19,20). The molecule has 114 valence electrons. The summed E-state index contributed by atoms with van der Waals surface area (Å²) >= 11 is 0. The van der Waals surface area contributed by atoms with Gasteiger partial charge in [0.15, 0.2) is 0 Å². The number of fused-ring (bicyclic) bond motifs is 1. The zero-order valence-electron chi connectivity index (χ0n) is 12.8. The molecule has 2 heterocycles. The fourth-order valence-corrected chi connectivity index (χ4v) is 2.70. The summed E-state index contributed by atoms with van der Waals surface area (Å²) in [4.78, 5) is 8.56. The quantitative estimate of drug-likeness (QED) is 0.775. The van der Waals surface area contributed by atoms with Crippen LogP contribution in [0.3, 0.4) is 0 Å². The highest BCUT2D eigenvalue weighted by atomic mass is 16.3. The van der Waals surface area contributed by atoms with Crippen molar-refractivity contribution in [2.75, 3.05) is 5.73 Å². The number of aliphatic hydroxyl groups excluding tert-OH is 1. The fraction of sp³-hybridized carbons (Fsp3) is 0.294. The predicted molar refractivity (Wildman–Crippen MR) is 88.3 cm³/mol. The second kappa shape index (κ2) is 5.77. The summed E-state index contributed by atoms with van der Waals surface area (Å²) in [6, 6.07) is 8.15. The van der Waals surface area contributed by atoms with Crippen molar-refractivity contribution in [3.8, 4) is 11.1 Å². The molecule has 5 heteroatoms. The molecule has 0 radical (unpaired) electrons. The number of hydrogen-bond acceptors (Lipinski definition) is 4. The Labute approximate surface area is 129 Å². The van der Waals surface area contributed by atoms with Gasteiger partial charge >= 0.3 is 0 Å². The van der Waals surface area contributed by atoms with Crippen LogP contribution in [0.2, 0.25) is 0 Å². The third-order valence-corrected chi connectivity index (χ3v) is 4.12. The van der Waals surface area contributed by atoms with Gasteiger partial charge in [0.25, 0.3) is 0 Å². The van der Waals surface area contributed by atoms with Crippen LogP contribution >= 0.6 is 0 Å². The summed E-state index contributed by atoms with van der Waals surface area (Å²) in [5.41, 5.74) is 9.85. The van der Waals surface area contributed by atoms with Crippen molar-refractivity contribution in [1.82, 2.24) is 14.5 Å². The Kier molecular flexibility index (Phi) is 3.81. The molecule has 3 N–H and O–H groups in total. The van der Waals surface area contributed by atoms with Crippen LogP contribution in [-0.2, 0) is 6.61 Å². The Hall–Kier alpha value is -2.40. The van der Waals surface area contributed by atoms with Crippen molar-refractivity contribution in [3.05, 3.63) is 42.4 Å². The molecule has 0 fully saturated rings. The third-order valence-electron chi connectivity index (χ3n) is 4.12. The van der Waals surface area contributed by atoms with Crippen LogP contribution in [0.1, 0.15) is 31.9 Å². The first kappa shape index (κ1) is 14.5. The number of benzene rings is 1. The molecule has 5 nitrogen and oxygen atoms in total. The zero-order valence-corrected chi connectivity index (χ0v) is 12.8. The molecule has 22 heavy (non-hydrogen) atoms. The number of hydrogen-bond donors (Lipinski definition) is 2. The number of anilines is 1. The Bertz CT molecular complexity index is 810. The lowest BCUT2D eigenvalue weighted by Crippen LogP contribution is -2.03. The van der Waals surface area contributed by atoms with Gasteiger partial charge in [-0.2, -0.15) is 0 Å². The summed E-state index contributed by atoms with van der Waals surface area (Å²) in [5.74, 6) is 0.483. The molecule has 3 rings (SSSR count). The molecule has 2 aromatic heterocycles. The normalized spacial score (nSPS) is 12.7. The first-order valence-electron chi connectivity index (χ1n) is 7.46. The molecule has 1 aromatic carbocycles. The van der Waals surface area contributed by atoms with Gasteiger partial charge in [0, 0.05) is 17.8 Å². The highest BCUT2D eigenvalue weighted by Gasteiger charge is 2.17. The van der Waals surface area contributed by atoms with E-state index in [1.54, 1.807) is 0 Å². The number of rotatable bonds is 4. The number of nitrogen functional groups attached to an aromatic ring is 1. The zero-order chi connectivity index (χ0) is 15.7. The van der Waals surface area contributed by atoms with Gasteiger partial charge in [0.05, 0.1) is 12.0 Å². The van der Waals surface area contributed by atoms with Crippen LogP contribution in [0.25, 0.3) is 22.2 Å². The predicted octanol–water partition coefficient (Wildman–Crippen LogP) is 3.14. The lowest BCUT2D eigenvalue weighted by atomic mass is 10.0. The highest BCUT2D eigenvalue weighted by Crippen LogP contribution is 2.34. The van der Waals surface area contributed by atoms with Gasteiger partial charge in [-0.25, -0.2) is 9.97 Å². The average molecular weight is 296 g/mol. The van der Waals surface area contributed by atoms with Gasteiger partial charge in [0.1, 0.15) is 17.8 Å².